The van der Waals surface area contributed by atoms with Crippen LogP contribution in [0.4, 0.5) is 0 Å². The smallest absolute Gasteiger partial charge is 0.225 e. The van der Waals surface area contributed by atoms with Crippen molar-refractivity contribution < 1.29 is 16.8 Å². The van der Waals surface area contributed by atoms with Gasteiger partial charge in [-0.05, 0) is 34.1 Å². The van der Waals surface area contributed by atoms with Gasteiger partial charge in [-0.3, -0.25) is 0 Å². The summed E-state index contributed by atoms with van der Waals surface area (Å²) < 4.78 is 43.9. The van der Waals surface area contributed by atoms with Gasteiger partial charge in [-0.15, -0.1) is 0 Å². The molecule has 0 aliphatic rings. The van der Waals surface area contributed by atoms with E-state index in [1.165, 1.54) is 0 Å². The third kappa shape index (κ3) is 2.98. The van der Waals surface area contributed by atoms with E-state index in [1.54, 1.807) is 0 Å². The largest absolute Gasteiger partial charge is 0.239 e. The third-order valence-corrected chi connectivity index (χ3v) is 4.34. The summed E-state index contributed by atoms with van der Waals surface area (Å²) in [6.45, 7) is 0. The van der Waals surface area contributed by atoms with E-state index in [1.807, 2.05) is 0 Å². The molecule has 0 heterocycles. The molecule has 0 amide bonds. The second-order valence-electron chi connectivity index (χ2n) is 2.68. The maximum atomic E-state index is 11.0. The lowest BCUT2D eigenvalue weighted by molar-refractivity contribution is 0.593. The zero-order chi connectivity index (χ0) is 11.9. The van der Waals surface area contributed by atoms with Crippen molar-refractivity contribution in [3.63, 3.8) is 0 Å². The van der Waals surface area contributed by atoms with Gasteiger partial charge in [0.25, 0.3) is 0 Å². The molecule has 9 heteroatoms. The van der Waals surface area contributed by atoms with Crippen molar-refractivity contribution in [3.8, 4) is 0 Å². The first-order valence-corrected chi connectivity index (χ1v) is 7.36. The fourth-order valence-electron chi connectivity index (χ4n) is 0.889. The molecule has 15 heavy (non-hydrogen) atoms. The molecule has 0 aliphatic heterocycles. The van der Waals surface area contributed by atoms with Crippen LogP contribution in [0.15, 0.2) is 32.5 Å². The standard InChI is InChI=1S/C6H7BrN2O4S2/c7-5-3-4(14(8,10)11)1-2-6(5)15(9,12)13/h1-3H,(H2,8,10,11)(H2,9,12,13). The fourth-order valence-corrected chi connectivity index (χ4v) is 3.22. The highest BCUT2D eigenvalue weighted by Crippen LogP contribution is 2.23. The van der Waals surface area contributed by atoms with Crippen LogP contribution in [0.1, 0.15) is 0 Å². The highest BCUT2D eigenvalue weighted by Gasteiger charge is 2.16. The fraction of sp³-hybridized carbons (Fsp3) is 0. The van der Waals surface area contributed by atoms with Gasteiger partial charge in [0.2, 0.25) is 20.0 Å². The molecule has 4 N–H and O–H groups in total. The summed E-state index contributed by atoms with van der Waals surface area (Å²) in [5, 5.41) is 9.73. The summed E-state index contributed by atoms with van der Waals surface area (Å²) in [6, 6.07) is 3.22. The lowest BCUT2D eigenvalue weighted by atomic mass is 10.4. The average Bonchev–Trinajstić information content (AvgIpc) is 1.99. The van der Waals surface area contributed by atoms with E-state index in [4.69, 9.17) is 10.3 Å². The Bertz CT molecular complexity index is 594. The molecule has 0 spiro atoms. The number of sulfonamides is 2. The Morgan fingerprint density at radius 2 is 1.53 bits per heavy atom. The van der Waals surface area contributed by atoms with Gasteiger partial charge < -0.3 is 0 Å². The molecule has 0 atom stereocenters. The predicted octanol–water partition coefficient (Wildman–Crippen LogP) is -0.256. The van der Waals surface area contributed by atoms with E-state index in [2.05, 4.69) is 15.9 Å². The van der Waals surface area contributed by atoms with E-state index in [-0.39, 0.29) is 14.3 Å². The lowest BCUT2D eigenvalue weighted by Gasteiger charge is -2.03. The van der Waals surface area contributed by atoms with E-state index in [9.17, 15) is 16.8 Å². The molecule has 0 saturated heterocycles. The van der Waals surface area contributed by atoms with Crippen LogP contribution in [0.25, 0.3) is 0 Å². The monoisotopic (exact) mass is 314 g/mol. The molecular formula is C6H7BrN2O4S2. The minimum atomic E-state index is -3.88. The topological polar surface area (TPSA) is 120 Å². The molecule has 0 radical (unpaired) electrons. The molecular weight excluding hydrogens is 308 g/mol. The van der Waals surface area contributed by atoms with Crippen LogP contribution in [0.5, 0.6) is 0 Å². The number of primary sulfonamides is 2. The first-order chi connectivity index (χ1) is 6.62. The predicted molar refractivity (Wildman–Crippen MR) is 56.9 cm³/mol. The molecule has 0 aromatic heterocycles. The maximum absolute atomic E-state index is 11.0. The molecule has 0 saturated carbocycles. The van der Waals surface area contributed by atoms with Crippen molar-refractivity contribution in [1.82, 2.24) is 0 Å². The Hall–Kier alpha value is -0.480. The van der Waals surface area contributed by atoms with Crippen molar-refractivity contribution >= 4 is 36.0 Å². The Labute approximate surface area is 95.5 Å². The minimum absolute atomic E-state index is 0.0523. The van der Waals surface area contributed by atoms with Crippen LogP contribution >= 0.6 is 15.9 Å². The maximum Gasteiger partial charge on any atom is 0.239 e. The van der Waals surface area contributed by atoms with Gasteiger partial charge in [-0.2, -0.15) is 0 Å². The molecule has 0 aliphatic carbocycles. The number of halogens is 1. The highest BCUT2D eigenvalue weighted by atomic mass is 79.9. The molecule has 0 bridgehead atoms. The van der Waals surface area contributed by atoms with E-state index < -0.39 is 20.0 Å². The van der Waals surface area contributed by atoms with Gasteiger partial charge in [-0.1, -0.05) is 0 Å². The van der Waals surface area contributed by atoms with Crippen LogP contribution < -0.4 is 10.3 Å². The number of hydrogen-bond acceptors (Lipinski definition) is 4. The number of hydrogen-bond donors (Lipinski definition) is 2. The average molecular weight is 315 g/mol. The summed E-state index contributed by atoms with van der Waals surface area (Å²) in [7, 11) is -7.73. The second kappa shape index (κ2) is 3.83. The normalized spacial score (nSPS) is 12.7. The van der Waals surface area contributed by atoms with Crippen LogP contribution in [0, 0.1) is 0 Å². The van der Waals surface area contributed by atoms with Gasteiger partial charge >= 0.3 is 0 Å². The van der Waals surface area contributed by atoms with E-state index in [0.717, 1.165) is 18.2 Å². The van der Waals surface area contributed by atoms with Gasteiger partial charge in [0, 0.05) is 4.47 Å². The Morgan fingerprint density at radius 1 is 1.00 bits per heavy atom. The molecule has 1 rings (SSSR count). The Balaban J connectivity index is 3.47. The number of nitrogens with two attached hydrogens (primary N) is 2. The summed E-state index contributed by atoms with van der Waals surface area (Å²) in [5.41, 5.74) is 0. The Kier molecular flexibility index (Phi) is 3.22. The molecule has 84 valence electrons. The van der Waals surface area contributed by atoms with Crippen molar-refractivity contribution in [3.05, 3.63) is 22.7 Å². The van der Waals surface area contributed by atoms with Crippen molar-refractivity contribution in [2.45, 2.75) is 9.79 Å². The minimum Gasteiger partial charge on any atom is -0.225 e. The third-order valence-electron chi connectivity index (χ3n) is 1.54. The van der Waals surface area contributed by atoms with Crippen LogP contribution in [-0.2, 0) is 20.0 Å². The summed E-state index contributed by atoms with van der Waals surface area (Å²) in [4.78, 5) is -0.392. The first kappa shape index (κ1) is 12.6. The van der Waals surface area contributed by atoms with E-state index in [0.29, 0.717) is 0 Å². The van der Waals surface area contributed by atoms with Gasteiger partial charge in [0.15, 0.2) is 0 Å². The van der Waals surface area contributed by atoms with Crippen LogP contribution in [0.3, 0.4) is 0 Å². The highest BCUT2D eigenvalue weighted by molar-refractivity contribution is 9.10. The first-order valence-electron chi connectivity index (χ1n) is 3.47. The van der Waals surface area contributed by atoms with Crippen molar-refractivity contribution in [1.29, 1.82) is 0 Å². The molecule has 0 unspecified atom stereocenters. The van der Waals surface area contributed by atoms with Crippen molar-refractivity contribution in [2.75, 3.05) is 0 Å². The Morgan fingerprint density at radius 3 is 1.87 bits per heavy atom. The zero-order valence-electron chi connectivity index (χ0n) is 7.21. The molecule has 0 fully saturated rings. The quantitative estimate of drug-likeness (QED) is 0.781. The number of benzene rings is 1. The summed E-state index contributed by atoms with van der Waals surface area (Å²) in [6.07, 6.45) is 0. The second-order valence-corrected chi connectivity index (χ2v) is 6.63. The van der Waals surface area contributed by atoms with Crippen molar-refractivity contribution in [2.24, 2.45) is 10.3 Å². The number of rotatable bonds is 2. The molecule has 1 aromatic carbocycles. The lowest BCUT2D eigenvalue weighted by Crippen LogP contribution is -2.15. The van der Waals surface area contributed by atoms with Crippen LogP contribution in [-0.4, -0.2) is 16.8 Å². The van der Waals surface area contributed by atoms with Gasteiger partial charge in [-0.25, -0.2) is 27.1 Å². The molecule has 6 nitrogen and oxygen atoms in total. The van der Waals surface area contributed by atoms with E-state index >= 15 is 0 Å². The zero-order valence-corrected chi connectivity index (χ0v) is 10.4. The SMILES string of the molecule is NS(=O)(=O)c1ccc(S(N)(=O)=O)c(Br)c1. The van der Waals surface area contributed by atoms with Gasteiger partial charge in [0.05, 0.1) is 9.79 Å². The molecule has 1 aromatic rings. The van der Waals surface area contributed by atoms with Crippen LogP contribution in [0.2, 0.25) is 0 Å². The summed E-state index contributed by atoms with van der Waals surface area (Å²) in [5.74, 6) is 0. The van der Waals surface area contributed by atoms with Gasteiger partial charge in [0.1, 0.15) is 0 Å². The summed E-state index contributed by atoms with van der Waals surface area (Å²) >= 11 is 2.90.